The van der Waals surface area contributed by atoms with E-state index >= 15 is 0 Å². The Morgan fingerprint density at radius 2 is 1.50 bits per heavy atom. The molecule has 0 amide bonds. The monoisotopic (exact) mass is 418 g/mol. The molecule has 1 N–H and O–H groups in total. The molecule has 0 aliphatic carbocycles. The van der Waals surface area contributed by atoms with E-state index in [1.165, 1.54) is 77.7 Å². The largest absolute Gasteiger partial charge is 0.504 e. The van der Waals surface area contributed by atoms with Crippen LogP contribution in [-0.2, 0) is 16.1 Å². The first-order valence-corrected chi connectivity index (χ1v) is 11.8. The maximum atomic E-state index is 11.9. The van der Waals surface area contributed by atoms with Gasteiger partial charge in [-0.2, -0.15) is 0 Å². The van der Waals surface area contributed by atoms with Gasteiger partial charge in [0.15, 0.2) is 11.5 Å². The second kappa shape index (κ2) is 17.9. The number of allylic oxidation sites excluding steroid dienone is 2. The molecule has 0 spiro atoms. The molecule has 30 heavy (non-hydrogen) atoms. The van der Waals surface area contributed by atoms with Crippen LogP contribution < -0.4 is 4.74 Å². The Labute approximate surface area is 183 Å². The summed E-state index contributed by atoms with van der Waals surface area (Å²) in [5.41, 5.74) is 0.808. The van der Waals surface area contributed by atoms with Crippen molar-refractivity contribution in [3.05, 3.63) is 35.9 Å². The number of phenols is 1. The maximum absolute atomic E-state index is 11.9. The summed E-state index contributed by atoms with van der Waals surface area (Å²) in [5, 5.41) is 9.58. The number of carbonyl (C=O) groups is 1. The van der Waals surface area contributed by atoms with Crippen LogP contribution in [0.3, 0.4) is 0 Å². The molecule has 0 unspecified atom stereocenters. The average molecular weight is 419 g/mol. The Balaban J connectivity index is 1.93. The number of hydrogen-bond acceptors (Lipinski definition) is 4. The van der Waals surface area contributed by atoms with Crippen LogP contribution >= 0.6 is 0 Å². The molecule has 1 rings (SSSR count). The summed E-state index contributed by atoms with van der Waals surface area (Å²) < 4.78 is 10.4. The van der Waals surface area contributed by atoms with Crippen LogP contribution in [-0.4, -0.2) is 18.2 Å². The van der Waals surface area contributed by atoms with Gasteiger partial charge in [0.05, 0.1) is 7.11 Å². The molecule has 1 aromatic rings. The highest BCUT2D eigenvalue weighted by Gasteiger charge is 2.06. The van der Waals surface area contributed by atoms with Crippen molar-refractivity contribution < 1.29 is 19.4 Å². The lowest BCUT2D eigenvalue weighted by Crippen LogP contribution is -2.04. The fourth-order valence-electron chi connectivity index (χ4n) is 3.39. The predicted molar refractivity (Wildman–Crippen MR) is 124 cm³/mol. The summed E-state index contributed by atoms with van der Waals surface area (Å²) in [5.74, 6) is 0.307. The van der Waals surface area contributed by atoms with Gasteiger partial charge in [-0.15, -0.1) is 0 Å². The van der Waals surface area contributed by atoms with Crippen LogP contribution in [0.15, 0.2) is 30.4 Å². The smallest absolute Gasteiger partial charge is 0.306 e. The van der Waals surface area contributed by atoms with E-state index in [0.29, 0.717) is 12.2 Å². The van der Waals surface area contributed by atoms with Gasteiger partial charge in [0.2, 0.25) is 0 Å². The minimum absolute atomic E-state index is 0.0841. The molecule has 0 aliphatic heterocycles. The first kappa shape index (κ1) is 26.1. The summed E-state index contributed by atoms with van der Waals surface area (Å²) in [6.07, 6.45) is 21.3. The summed E-state index contributed by atoms with van der Waals surface area (Å²) in [6, 6.07) is 4.96. The Bertz CT molecular complexity index is 595. The van der Waals surface area contributed by atoms with E-state index in [9.17, 15) is 9.90 Å². The van der Waals surface area contributed by atoms with Crippen LogP contribution in [0.25, 0.3) is 0 Å². The number of ether oxygens (including phenoxy) is 2. The lowest BCUT2D eigenvalue weighted by Gasteiger charge is -2.08. The van der Waals surface area contributed by atoms with Crippen LogP contribution in [0.1, 0.15) is 102 Å². The fraction of sp³-hybridized carbons (Fsp3) is 0.654. The van der Waals surface area contributed by atoms with Gasteiger partial charge in [-0.3, -0.25) is 4.79 Å². The van der Waals surface area contributed by atoms with Crippen molar-refractivity contribution >= 4 is 5.97 Å². The Morgan fingerprint density at radius 3 is 2.13 bits per heavy atom. The van der Waals surface area contributed by atoms with Crippen molar-refractivity contribution in [3.8, 4) is 11.5 Å². The lowest BCUT2D eigenvalue weighted by atomic mass is 10.1. The molecule has 0 heterocycles. The molecule has 4 heteroatoms. The van der Waals surface area contributed by atoms with Gasteiger partial charge in [0.25, 0.3) is 0 Å². The number of methoxy groups -OCH3 is 1. The van der Waals surface area contributed by atoms with E-state index in [0.717, 1.165) is 18.4 Å². The first-order valence-electron chi connectivity index (χ1n) is 11.8. The Kier molecular flexibility index (Phi) is 15.5. The first-order chi connectivity index (χ1) is 14.7. The Morgan fingerprint density at radius 1 is 0.900 bits per heavy atom. The van der Waals surface area contributed by atoms with Crippen molar-refractivity contribution in [1.82, 2.24) is 0 Å². The maximum Gasteiger partial charge on any atom is 0.306 e. The summed E-state index contributed by atoms with van der Waals surface area (Å²) >= 11 is 0. The van der Waals surface area contributed by atoms with Crippen LogP contribution in [0.5, 0.6) is 11.5 Å². The zero-order valence-electron chi connectivity index (χ0n) is 19.2. The molecule has 0 aliphatic rings. The van der Waals surface area contributed by atoms with Gasteiger partial charge >= 0.3 is 5.97 Å². The molecule has 0 radical (unpaired) electrons. The number of carbonyl (C=O) groups excluding carboxylic acids is 1. The predicted octanol–water partition coefficient (Wildman–Crippen LogP) is 7.48. The third-order valence-electron chi connectivity index (χ3n) is 5.29. The van der Waals surface area contributed by atoms with Crippen molar-refractivity contribution in [2.24, 2.45) is 0 Å². The summed E-state index contributed by atoms with van der Waals surface area (Å²) in [6.45, 7) is 2.47. The van der Waals surface area contributed by atoms with Gasteiger partial charge in [0.1, 0.15) is 6.61 Å². The molecule has 0 bridgehead atoms. The van der Waals surface area contributed by atoms with Gasteiger partial charge < -0.3 is 14.6 Å². The van der Waals surface area contributed by atoms with E-state index in [1.54, 1.807) is 18.2 Å². The third-order valence-corrected chi connectivity index (χ3v) is 5.29. The summed E-state index contributed by atoms with van der Waals surface area (Å²) in [4.78, 5) is 11.9. The second-order valence-corrected chi connectivity index (χ2v) is 8.00. The second-order valence-electron chi connectivity index (χ2n) is 8.00. The standard InChI is InChI=1S/C26H42O4/c1-3-4-5-6-7-8-9-10-11-12-13-14-15-16-17-18-26(28)30-22-23-19-20-24(27)25(21-23)29-2/h10-11,19-21,27H,3-9,12-18,22H2,1-2H3/b11-10-. The van der Waals surface area contributed by atoms with Crippen molar-refractivity contribution in [3.63, 3.8) is 0 Å². The number of benzene rings is 1. The minimum Gasteiger partial charge on any atom is -0.504 e. The fourth-order valence-corrected chi connectivity index (χ4v) is 3.39. The van der Waals surface area contributed by atoms with E-state index in [4.69, 9.17) is 9.47 Å². The number of aromatic hydroxyl groups is 1. The van der Waals surface area contributed by atoms with Crippen molar-refractivity contribution in [2.75, 3.05) is 7.11 Å². The molecule has 170 valence electrons. The van der Waals surface area contributed by atoms with Gasteiger partial charge in [0, 0.05) is 6.42 Å². The minimum atomic E-state index is -0.167. The highest BCUT2D eigenvalue weighted by Crippen LogP contribution is 2.26. The third kappa shape index (κ3) is 13.3. The number of rotatable bonds is 18. The quantitative estimate of drug-likeness (QED) is 0.152. The number of hydrogen-bond donors (Lipinski definition) is 1. The lowest BCUT2D eigenvalue weighted by molar-refractivity contribution is -0.145. The molecule has 0 saturated heterocycles. The van der Waals surface area contributed by atoms with Gasteiger partial charge in [-0.1, -0.05) is 76.5 Å². The molecule has 4 nitrogen and oxygen atoms in total. The van der Waals surface area contributed by atoms with Crippen LogP contribution in [0.4, 0.5) is 0 Å². The highest BCUT2D eigenvalue weighted by atomic mass is 16.5. The van der Waals surface area contributed by atoms with E-state index in [2.05, 4.69) is 19.1 Å². The number of phenolic OH excluding ortho intramolecular Hbond substituents is 1. The van der Waals surface area contributed by atoms with Gasteiger partial charge in [-0.25, -0.2) is 0 Å². The Hall–Kier alpha value is -1.97. The molecule has 1 aromatic carbocycles. The average Bonchev–Trinajstić information content (AvgIpc) is 2.75. The van der Waals surface area contributed by atoms with Crippen LogP contribution in [0, 0.1) is 0 Å². The van der Waals surface area contributed by atoms with E-state index in [1.807, 2.05) is 0 Å². The molecular formula is C26H42O4. The highest BCUT2D eigenvalue weighted by molar-refractivity contribution is 5.69. The summed E-state index contributed by atoms with van der Waals surface area (Å²) in [7, 11) is 1.50. The van der Waals surface area contributed by atoms with Crippen molar-refractivity contribution in [2.45, 2.75) is 103 Å². The molecule has 0 fully saturated rings. The van der Waals surface area contributed by atoms with Crippen LogP contribution in [0.2, 0.25) is 0 Å². The SMILES string of the molecule is CCCCCCCC/C=C\CCCCCCCC(=O)OCc1ccc(O)c(OC)c1. The molecule has 0 atom stereocenters. The number of esters is 1. The van der Waals surface area contributed by atoms with E-state index in [-0.39, 0.29) is 18.3 Å². The number of unbranched alkanes of at least 4 members (excludes halogenated alkanes) is 11. The molecule has 0 aromatic heterocycles. The normalized spacial score (nSPS) is 11.1. The topological polar surface area (TPSA) is 55.8 Å². The zero-order valence-corrected chi connectivity index (χ0v) is 19.2. The van der Waals surface area contributed by atoms with Gasteiger partial charge in [-0.05, 0) is 49.8 Å². The molecular weight excluding hydrogens is 376 g/mol. The van der Waals surface area contributed by atoms with Crippen molar-refractivity contribution in [1.29, 1.82) is 0 Å². The molecule has 0 saturated carbocycles. The zero-order chi connectivity index (χ0) is 21.9. The van der Waals surface area contributed by atoms with E-state index < -0.39 is 0 Å².